The number of carboxylic acids is 1. The lowest BCUT2D eigenvalue weighted by Crippen LogP contribution is -2.36. The minimum absolute atomic E-state index is 0.0155. The number of aromatic nitrogens is 1. The van der Waals surface area contributed by atoms with E-state index in [4.69, 9.17) is 5.11 Å². The van der Waals surface area contributed by atoms with Gasteiger partial charge in [-0.05, 0) is 31.2 Å². The molecule has 0 aliphatic carbocycles. The molecule has 5 nitrogen and oxygen atoms in total. The summed E-state index contributed by atoms with van der Waals surface area (Å²) < 4.78 is 12.8. The Labute approximate surface area is 120 Å². The molecule has 108 valence electrons. The van der Waals surface area contributed by atoms with Crippen molar-refractivity contribution >= 4 is 17.6 Å². The second kappa shape index (κ2) is 6.13. The second-order valence-corrected chi connectivity index (χ2v) is 4.48. The third-order valence-corrected chi connectivity index (χ3v) is 2.83. The first kappa shape index (κ1) is 14.6. The summed E-state index contributed by atoms with van der Waals surface area (Å²) in [5, 5.41) is 8.97. The van der Waals surface area contributed by atoms with Crippen LogP contribution in [0.5, 0.6) is 0 Å². The molecule has 0 saturated heterocycles. The van der Waals surface area contributed by atoms with Crippen LogP contribution >= 0.6 is 0 Å². The van der Waals surface area contributed by atoms with Gasteiger partial charge in [0.05, 0.1) is 6.20 Å². The van der Waals surface area contributed by atoms with E-state index in [0.29, 0.717) is 5.69 Å². The Morgan fingerprint density at radius 2 is 1.86 bits per heavy atom. The Balaban J connectivity index is 2.35. The van der Waals surface area contributed by atoms with Gasteiger partial charge in [0.2, 0.25) is 0 Å². The van der Waals surface area contributed by atoms with Gasteiger partial charge in [0.25, 0.3) is 5.91 Å². The van der Waals surface area contributed by atoms with Crippen LogP contribution in [0.1, 0.15) is 16.1 Å². The van der Waals surface area contributed by atoms with Crippen molar-refractivity contribution in [1.82, 2.24) is 4.98 Å². The molecule has 0 aliphatic rings. The number of amides is 1. The Hall–Kier alpha value is -2.76. The molecule has 0 saturated carbocycles. The van der Waals surface area contributed by atoms with Gasteiger partial charge in [-0.15, -0.1) is 0 Å². The number of pyridine rings is 1. The van der Waals surface area contributed by atoms with Crippen molar-refractivity contribution < 1.29 is 19.1 Å². The maximum atomic E-state index is 12.8. The molecule has 2 aromatic rings. The third-order valence-electron chi connectivity index (χ3n) is 2.83. The van der Waals surface area contributed by atoms with E-state index in [1.54, 1.807) is 24.3 Å². The molecule has 0 atom stereocenters. The summed E-state index contributed by atoms with van der Waals surface area (Å²) in [6.07, 6.45) is 0.918. The van der Waals surface area contributed by atoms with Gasteiger partial charge in [-0.25, -0.2) is 9.37 Å². The molecular weight excluding hydrogens is 275 g/mol. The minimum atomic E-state index is -1.15. The molecule has 0 fully saturated rings. The lowest BCUT2D eigenvalue weighted by molar-refractivity contribution is -0.135. The van der Waals surface area contributed by atoms with Crippen LogP contribution in [0, 0.1) is 12.7 Å². The van der Waals surface area contributed by atoms with Gasteiger partial charge in [-0.1, -0.05) is 17.7 Å². The van der Waals surface area contributed by atoms with Gasteiger partial charge in [0.1, 0.15) is 18.1 Å². The molecule has 21 heavy (non-hydrogen) atoms. The molecule has 0 aliphatic heterocycles. The molecule has 0 bridgehead atoms. The fourth-order valence-corrected chi connectivity index (χ4v) is 1.78. The lowest BCUT2D eigenvalue weighted by Gasteiger charge is -2.20. The number of hydrogen-bond acceptors (Lipinski definition) is 3. The Morgan fingerprint density at radius 1 is 1.19 bits per heavy atom. The van der Waals surface area contributed by atoms with Crippen LogP contribution in [0.3, 0.4) is 0 Å². The zero-order valence-electron chi connectivity index (χ0n) is 11.3. The number of aliphatic carboxylic acids is 1. The van der Waals surface area contributed by atoms with E-state index in [-0.39, 0.29) is 5.69 Å². The predicted molar refractivity (Wildman–Crippen MR) is 74.7 cm³/mol. The van der Waals surface area contributed by atoms with Crippen LogP contribution in [0.25, 0.3) is 0 Å². The van der Waals surface area contributed by atoms with Crippen LogP contribution in [0.4, 0.5) is 10.1 Å². The maximum absolute atomic E-state index is 12.8. The molecule has 1 aromatic heterocycles. The maximum Gasteiger partial charge on any atom is 0.323 e. The predicted octanol–water partition coefficient (Wildman–Crippen LogP) is 2.26. The van der Waals surface area contributed by atoms with Gasteiger partial charge in [-0.3, -0.25) is 14.5 Å². The van der Waals surface area contributed by atoms with Crippen LogP contribution in [0.2, 0.25) is 0 Å². The molecule has 1 N–H and O–H groups in total. The van der Waals surface area contributed by atoms with E-state index >= 15 is 0 Å². The summed E-state index contributed by atoms with van der Waals surface area (Å²) in [5.74, 6) is -2.31. The lowest BCUT2D eigenvalue weighted by atomic mass is 10.2. The number of carboxylic acid groups (broad SMARTS) is 1. The molecular formula is C15H13FN2O3. The zero-order valence-corrected chi connectivity index (χ0v) is 11.3. The summed E-state index contributed by atoms with van der Waals surface area (Å²) in [5.41, 5.74) is 1.42. The van der Waals surface area contributed by atoms with Gasteiger partial charge in [0, 0.05) is 5.69 Å². The van der Waals surface area contributed by atoms with Gasteiger partial charge >= 0.3 is 5.97 Å². The Kier molecular flexibility index (Phi) is 4.27. The van der Waals surface area contributed by atoms with E-state index in [0.717, 1.165) is 22.7 Å². The van der Waals surface area contributed by atoms with Crippen LogP contribution in [-0.4, -0.2) is 28.5 Å². The molecule has 1 heterocycles. The van der Waals surface area contributed by atoms with Crippen molar-refractivity contribution in [3.63, 3.8) is 0 Å². The van der Waals surface area contributed by atoms with Crippen molar-refractivity contribution in [2.45, 2.75) is 6.92 Å². The van der Waals surface area contributed by atoms with Crippen LogP contribution < -0.4 is 4.90 Å². The molecule has 0 radical (unpaired) electrons. The standard InChI is InChI=1S/C15H13FN2O3/c1-10-2-5-12(6-3-10)18(9-14(19)20)15(21)13-7-4-11(16)8-17-13/h2-8H,9H2,1H3,(H,19,20). The average molecular weight is 288 g/mol. The highest BCUT2D eigenvalue weighted by atomic mass is 19.1. The zero-order chi connectivity index (χ0) is 15.4. The van der Waals surface area contributed by atoms with E-state index < -0.39 is 24.2 Å². The monoisotopic (exact) mass is 288 g/mol. The largest absolute Gasteiger partial charge is 0.480 e. The number of anilines is 1. The Morgan fingerprint density at radius 3 is 2.38 bits per heavy atom. The number of carbonyl (C=O) groups excluding carboxylic acids is 1. The number of rotatable bonds is 4. The van der Waals surface area contributed by atoms with Crippen molar-refractivity contribution in [1.29, 1.82) is 0 Å². The highest BCUT2D eigenvalue weighted by Crippen LogP contribution is 2.17. The smallest absolute Gasteiger partial charge is 0.323 e. The highest BCUT2D eigenvalue weighted by molar-refractivity contribution is 6.06. The summed E-state index contributed by atoms with van der Waals surface area (Å²) in [6, 6.07) is 9.18. The highest BCUT2D eigenvalue weighted by Gasteiger charge is 2.21. The molecule has 1 aromatic carbocycles. The topological polar surface area (TPSA) is 70.5 Å². The van der Waals surface area contributed by atoms with Gasteiger partial charge < -0.3 is 5.11 Å². The fraction of sp³-hybridized carbons (Fsp3) is 0.133. The minimum Gasteiger partial charge on any atom is -0.480 e. The van der Waals surface area contributed by atoms with Gasteiger partial charge in [0.15, 0.2) is 0 Å². The summed E-state index contributed by atoms with van der Waals surface area (Å²) in [6.45, 7) is 1.38. The third kappa shape index (κ3) is 3.62. The fourth-order valence-electron chi connectivity index (χ4n) is 1.78. The number of aryl methyl sites for hydroxylation is 1. The summed E-state index contributed by atoms with van der Waals surface area (Å²) >= 11 is 0. The van der Waals surface area contributed by atoms with E-state index in [1.165, 1.54) is 6.07 Å². The number of benzene rings is 1. The first-order chi connectivity index (χ1) is 9.97. The van der Waals surface area contributed by atoms with Gasteiger partial charge in [-0.2, -0.15) is 0 Å². The molecule has 0 spiro atoms. The SMILES string of the molecule is Cc1ccc(N(CC(=O)O)C(=O)c2ccc(F)cn2)cc1. The van der Waals surface area contributed by atoms with Crippen LogP contribution in [0.15, 0.2) is 42.6 Å². The number of halogens is 1. The second-order valence-electron chi connectivity index (χ2n) is 4.48. The average Bonchev–Trinajstić information content (AvgIpc) is 2.46. The molecule has 1 amide bonds. The van der Waals surface area contributed by atoms with E-state index in [2.05, 4.69) is 4.98 Å². The summed E-state index contributed by atoms with van der Waals surface area (Å²) in [7, 11) is 0. The quantitative estimate of drug-likeness (QED) is 0.936. The Bertz CT molecular complexity index is 654. The summed E-state index contributed by atoms with van der Waals surface area (Å²) in [4.78, 5) is 28.1. The van der Waals surface area contributed by atoms with E-state index in [9.17, 15) is 14.0 Å². The van der Waals surface area contributed by atoms with Crippen LogP contribution in [-0.2, 0) is 4.79 Å². The normalized spacial score (nSPS) is 10.2. The molecule has 0 unspecified atom stereocenters. The number of carbonyl (C=O) groups is 2. The number of hydrogen-bond donors (Lipinski definition) is 1. The van der Waals surface area contributed by atoms with Crippen molar-refractivity contribution in [3.05, 3.63) is 59.7 Å². The van der Waals surface area contributed by atoms with Crippen molar-refractivity contribution in [2.24, 2.45) is 0 Å². The van der Waals surface area contributed by atoms with E-state index in [1.807, 2.05) is 6.92 Å². The first-order valence-electron chi connectivity index (χ1n) is 6.19. The van der Waals surface area contributed by atoms with Crippen molar-refractivity contribution in [3.8, 4) is 0 Å². The van der Waals surface area contributed by atoms with Crippen molar-refractivity contribution in [2.75, 3.05) is 11.4 Å². The first-order valence-corrected chi connectivity index (χ1v) is 6.19. The molecule has 6 heteroatoms. The molecule has 2 rings (SSSR count). The number of nitrogens with zero attached hydrogens (tertiary/aromatic N) is 2.